The molecule has 0 aliphatic carbocycles. The molecule has 3 amide bonds. The quantitative estimate of drug-likeness (QED) is 0.481. The fourth-order valence-electron chi connectivity index (χ4n) is 3.25. The van der Waals surface area contributed by atoms with E-state index in [1.165, 1.54) is 20.3 Å². The van der Waals surface area contributed by atoms with Crippen LogP contribution in [0.5, 0.6) is 11.5 Å². The third kappa shape index (κ3) is 5.97. The summed E-state index contributed by atoms with van der Waals surface area (Å²) in [5, 5.41) is 4.00. The smallest absolute Gasteiger partial charge is 0.311 e. The molecule has 12 heteroatoms. The number of rotatable bonds is 8. The van der Waals surface area contributed by atoms with Crippen LogP contribution in [0.3, 0.4) is 0 Å². The maximum atomic E-state index is 12.8. The molecule has 10 nitrogen and oxygen atoms in total. The SMILES string of the molecule is COc1cccc(OC)c1C(=O)NN1C[C@@H](C(=O)OCC(=O)Nc2ccc(Br)c(Cl)c2)CC1=O. The number of methoxy groups -OCH3 is 2. The van der Waals surface area contributed by atoms with E-state index in [0.29, 0.717) is 15.2 Å². The van der Waals surface area contributed by atoms with E-state index in [1.54, 1.807) is 30.3 Å². The van der Waals surface area contributed by atoms with Crippen LogP contribution in [0, 0.1) is 5.92 Å². The van der Waals surface area contributed by atoms with Crippen molar-refractivity contribution in [1.82, 2.24) is 10.4 Å². The number of hydrogen-bond donors (Lipinski definition) is 2. The molecule has 2 N–H and O–H groups in total. The zero-order valence-electron chi connectivity index (χ0n) is 18.2. The van der Waals surface area contributed by atoms with Crippen LogP contribution in [0.15, 0.2) is 40.9 Å². The van der Waals surface area contributed by atoms with Gasteiger partial charge in [0.2, 0.25) is 5.91 Å². The molecule has 2 aromatic rings. The van der Waals surface area contributed by atoms with Gasteiger partial charge in [-0.3, -0.25) is 29.6 Å². The number of hydrogen-bond acceptors (Lipinski definition) is 7. The molecule has 1 aliphatic heterocycles. The van der Waals surface area contributed by atoms with Gasteiger partial charge in [0.25, 0.3) is 11.8 Å². The minimum Gasteiger partial charge on any atom is -0.496 e. The highest BCUT2D eigenvalue weighted by Gasteiger charge is 2.37. The molecule has 0 saturated carbocycles. The number of amides is 3. The molecule has 1 saturated heterocycles. The summed E-state index contributed by atoms with van der Waals surface area (Å²) in [6.07, 6.45) is -0.174. The largest absolute Gasteiger partial charge is 0.496 e. The Labute approximate surface area is 208 Å². The van der Waals surface area contributed by atoms with E-state index in [0.717, 1.165) is 5.01 Å². The van der Waals surface area contributed by atoms with Gasteiger partial charge in [-0.1, -0.05) is 17.7 Å². The standard InChI is InChI=1S/C22H21BrClN3O7/c1-32-16-4-3-5-17(33-2)20(16)21(30)26-27-10-12(8-19(27)29)22(31)34-11-18(28)25-13-6-7-14(23)15(24)9-13/h3-7,9,12H,8,10-11H2,1-2H3,(H,25,28)(H,26,30)/t12-/m0/s1. The number of carbonyl (C=O) groups is 4. The van der Waals surface area contributed by atoms with Gasteiger partial charge in [-0.15, -0.1) is 0 Å². The van der Waals surface area contributed by atoms with Gasteiger partial charge in [-0.25, -0.2) is 0 Å². The van der Waals surface area contributed by atoms with Crippen molar-refractivity contribution in [3.63, 3.8) is 0 Å². The summed E-state index contributed by atoms with van der Waals surface area (Å²) in [4.78, 5) is 49.6. The number of hydrazine groups is 1. The van der Waals surface area contributed by atoms with E-state index in [4.69, 9.17) is 25.8 Å². The van der Waals surface area contributed by atoms with Gasteiger partial charge in [0.1, 0.15) is 17.1 Å². The zero-order chi connectivity index (χ0) is 24.8. The van der Waals surface area contributed by atoms with E-state index in [2.05, 4.69) is 26.7 Å². The lowest BCUT2D eigenvalue weighted by atomic mass is 10.1. The third-order valence-corrected chi connectivity index (χ3v) is 6.13. The van der Waals surface area contributed by atoms with Crippen LogP contribution in [-0.4, -0.2) is 56.1 Å². The average Bonchev–Trinajstić information content (AvgIpc) is 3.19. The lowest BCUT2D eigenvalue weighted by Crippen LogP contribution is -2.43. The molecule has 0 radical (unpaired) electrons. The zero-order valence-corrected chi connectivity index (χ0v) is 20.6. The normalized spacial score (nSPS) is 15.0. The third-order valence-electron chi connectivity index (χ3n) is 4.90. The fraction of sp³-hybridized carbons (Fsp3) is 0.273. The highest BCUT2D eigenvalue weighted by Crippen LogP contribution is 2.29. The molecular formula is C22H21BrClN3O7. The van der Waals surface area contributed by atoms with Gasteiger partial charge in [0.15, 0.2) is 6.61 Å². The Morgan fingerprint density at radius 3 is 2.44 bits per heavy atom. The second-order valence-electron chi connectivity index (χ2n) is 7.17. The van der Waals surface area contributed by atoms with Crippen LogP contribution in [0.1, 0.15) is 16.8 Å². The van der Waals surface area contributed by atoms with Crippen LogP contribution in [-0.2, 0) is 19.1 Å². The van der Waals surface area contributed by atoms with Crippen molar-refractivity contribution in [2.24, 2.45) is 5.92 Å². The summed E-state index contributed by atoms with van der Waals surface area (Å²) >= 11 is 9.23. The number of anilines is 1. The highest BCUT2D eigenvalue weighted by molar-refractivity contribution is 9.10. The average molecular weight is 555 g/mol. The van der Waals surface area contributed by atoms with Crippen LogP contribution in [0.4, 0.5) is 5.69 Å². The van der Waals surface area contributed by atoms with Crippen molar-refractivity contribution >= 4 is 56.9 Å². The van der Waals surface area contributed by atoms with Crippen LogP contribution >= 0.6 is 27.5 Å². The number of nitrogens with zero attached hydrogens (tertiary/aromatic N) is 1. The Morgan fingerprint density at radius 2 is 1.82 bits per heavy atom. The number of nitrogens with one attached hydrogen (secondary N) is 2. The first-order chi connectivity index (χ1) is 16.2. The summed E-state index contributed by atoms with van der Waals surface area (Å²) < 4.78 is 16.1. The predicted molar refractivity (Wildman–Crippen MR) is 126 cm³/mol. The van der Waals surface area contributed by atoms with E-state index in [-0.39, 0.29) is 30.0 Å². The van der Waals surface area contributed by atoms with E-state index in [9.17, 15) is 19.2 Å². The molecule has 2 aromatic carbocycles. The number of ether oxygens (including phenoxy) is 3. The predicted octanol–water partition coefficient (Wildman–Crippen LogP) is 2.79. The molecule has 180 valence electrons. The van der Waals surface area contributed by atoms with Crippen molar-refractivity contribution < 1.29 is 33.4 Å². The van der Waals surface area contributed by atoms with Gasteiger partial charge < -0.3 is 19.5 Å². The summed E-state index contributed by atoms with van der Waals surface area (Å²) in [5.74, 6) is -2.73. The Bertz CT molecular complexity index is 1110. The molecule has 0 aromatic heterocycles. The molecule has 1 aliphatic rings. The van der Waals surface area contributed by atoms with Crippen molar-refractivity contribution in [3.8, 4) is 11.5 Å². The Morgan fingerprint density at radius 1 is 1.15 bits per heavy atom. The monoisotopic (exact) mass is 553 g/mol. The van der Waals surface area contributed by atoms with Crippen LogP contribution < -0.4 is 20.2 Å². The Hall–Kier alpha value is -3.31. The molecule has 0 unspecified atom stereocenters. The summed E-state index contributed by atoms with van der Waals surface area (Å²) in [5.41, 5.74) is 3.01. The fourth-order valence-corrected chi connectivity index (χ4v) is 3.68. The van der Waals surface area contributed by atoms with Crippen molar-refractivity contribution in [2.45, 2.75) is 6.42 Å². The molecule has 1 atom stereocenters. The van der Waals surface area contributed by atoms with Crippen LogP contribution in [0.2, 0.25) is 5.02 Å². The topological polar surface area (TPSA) is 123 Å². The first-order valence-corrected chi connectivity index (χ1v) is 11.1. The lowest BCUT2D eigenvalue weighted by molar-refractivity contribution is -0.151. The van der Waals surface area contributed by atoms with Crippen LogP contribution in [0.25, 0.3) is 0 Å². The van der Waals surface area contributed by atoms with E-state index in [1.807, 2.05) is 0 Å². The summed E-state index contributed by atoms with van der Waals surface area (Å²) in [6, 6.07) is 9.65. The second kappa shape index (κ2) is 11.2. The molecular weight excluding hydrogens is 534 g/mol. The van der Waals surface area contributed by atoms with Crippen molar-refractivity contribution in [1.29, 1.82) is 0 Å². The van der Waals surface area contributed by atoms with Gasteiger partial charge in [0.05, 0.1) is 31.7 Å². The molecule has 1 fully saturated rings. The van der Waals surface area contributed by atoms with Gasteiger partial charge in [0, 0.05) is 16.6 Å². The lowest BCUT2D eigenvalue weighted by Gasteiger charge is -2.19. The molecule has 3 rings (SSSR count). The number of carbonyl (C=O) groups excluding carboxylic acids is 4. The molecule has 0 spiro atoms. The van der Waals surface area contributed by atoms with E-state index < -0.39 is 36.2 Å². The number of halogens is 2. The maximum Gasteiger partial charge on any atom is 0.311 e. The Balaban J connectivity index is 1.55. The molecule has 0 bridgehead atoms. The first kappa shape index (κ1) is 25.3. The van der Waals surface area contributed by atoms with Crippen molar-refractivity contribution in [3.05, 3.63) is 51.5 Å². The highest BCUT2D eigenvalue weighted by atomic mass is 79.9. The minimum atomic E-state index is -0.845. The van der Waals surface area contributed by atoms with Gasteiger partial charge in [-0.2, -0.15) is 0 Å². The van der Waals surface area contributed by atoms with Crippen molar-refractivity contribution in [2.75, 3.05) is 32.7 Å². The maximum absolute atomic E-state index is 12.8. The summed E-state index contributed by atoms with van der Waals surface area (Å²) in [7, 11) is 2.81. The minimum absolute atomic E-state index is 0.106. The number of benzene rings is 2. The summed E-state index contributed by atoms with van der Waals surface area (Å²) in [6.45, 7) is -0.646. The van der Waals surface area contributed by atoms with Gasteiger partial charge in [-0.05, 0) is 46.3 Å². The first-order valence-electron chi connectivity index (χ1n) is 9.97. The Kier molecular flexibility index (Phi) is 8.35. The van der Waals surface area contributed by atoms with E-state index >= 15 is 0 Å². The molecule has 1 heterocycles. The number of esters is 1. The molecule has 34 heavy (non-hydrogen) atoms. The van der Waals surface area contributed by atoms with Gasteiger partial charge >= 0.3 is 5.97 Å². The second-order valence-corrected chi connectivity index (χ2v) is 8.43.